The Balaban J connectivity index is 3.24. The van der Waals surface area contributed by atoms with Crippen molar-refractivity contribution in [2.75, 3.05) is 6.54 Å². The maximum absolute atomic E-state index is 13.4. The minimum absolute atomic E-state index is 0.0124. The standard InChI is InChI=1S/C12H13F6N/c1-3-19-10(11(14,15)12(16,17)18)8-4-5-9(13)7(2)6-8/h4-6,10,19H,3H2,1-2H3. The molecule has 0 radical (unpaired) electrons. The molecule has 0 amide bonds. The normalized spacial score (nSPS) is 14.5. The van der Waals surface area contributed by atoms with Crippen molar-refractivity contribution >= 4 is 0 Å². The van der Waals surface area contributed by atoms with E-state index in [0.29, 0.717) is 0 Å². The molecule has 7 heteroatoms. The first-order valence-corrected chi connectivity index (χ1v) is 5.55. The van der Waals surface area contributed by atoms with Crippen LogP contribution in [0.1, 0.15) is 24.1 Å². The van der Waals surface area contributed by atoms with Gasteiger partial charge in [-0.05, 0) is 30.7 Å². The van der Waals surface area contributed by atoms with E-state index >= 15 is 0 Å². The van der Waals surface area contributed by atoms with Crippen LogP contribution in [0, 0.1) is 12.7 Å². The summed E-state index contributed by atoms with van der Waals surface area (Å²) in [5.74, 6) is -5.60. The molecule has 0 fully saturated rings. The predicted molar refractivity (Wildman–Crippen MR) is 58.6 cm³/mol. The first kappa shape index (κ1) is 15.8. The van der Waals surface area contributed by atoms with Crippen LogP contribution in [0.5, 0.6) is 0 Å². The van der Waals surface area contributed by atoms with Crippen molar-refractivity contribution < 1.29 is 26.3 Å². The summed E-state index contributed by atoms with van der Waals surface area (Å²) in [6.07, 6.45) is -5.68. The molecule has 0 aliphatic carbocycles. The van der Waals surface area contributed by atoms with Crippen LogP contribution >= 0.6 is 0 Å². The lowest BCUT2D eigenvalue weighted by molar-refractivity contribution is -0.294. The van der Waals surface area contributed by atoms with E-state index in [1.165, 1.54) is 13.8 Å². The van der Waals surface area contributed by atoms with Gasteiger partial charge in [-0.3, -0.25) is 0 Å². The van der Waals surface area contributed by atoms with Gasteiger partial charge >= 0.3 is 12.1 Å². The maximum Gasteiger partial charge on any atom is 0.455 e. The second-order valence-electron chi connectivity index (χ2n) is 4.12. The lowest BCUT2D eigenvalue weighted by atomic mass is 9.98. The van der Waals surface area contributed by atoms with E-state index in [0.717, 1.165) is 18.2 Å². The molecular formula is C12H13F6N. The Hall–Kier alpha value is -1.24. The van der Waals surface area contributed by atoms with Crippen molar-refractivity contribution in [3.8, 4) is 0 Å². The zero-order valence-electron chi connectivity index (χ0n) is 10.3. The molecule has 1 nitrogen and oxygen atoms in total. The Kier molecular flexibility index (Phi) is 4.50. The molecular weight excluding hydrogens is 272 g/mol. The summed E-state index contributed by atoms with van der Waals surface area (Å²) in [6, 6.07) is 0.552. The van der Waals surface area contributed by atoms with Gasteiger partial charge in [-0.15, -0.1) is 0 Å². The summed E-state index contributed by atoms with van der Waals surface area (Å²) in [6.45, 7) is 2.64. The van der Waals surface area contributed by atoms with Crippen molar-refractivity contribution in [3.05, 3.63) is 35.1 Å². The molecule has 0 aromatic heterocycles. The van der Waals surface area contributed by atoms with E-state index in [4.69, 9.17) is 0 Å². The van der Waals surface area contributed by atoms with E-state index in [9.17, 15) is 26.3 Å². The molecule has 1 aromatic carbocycles. The summed E-state index contributed by atoms with van der Waals surface area (Å²) in [5.41, 5.74) is -0.290. The van der Waals surface area contributed by atoms with Crippen molar-refractivity contribution in [2.24, 2.45) is 0 Å². The highest BCUT2D eigenvalue weighted by molar-refractivity contribution is 5.28. The van der Waals surface area contributed by atoms with Crippen LogP contribution in [0.25, 0.3) is 0 Å². The average molecular weight is 285 g/mol. The van der Waals surface area contributed by atoms with Gasteiger partial charge in [0.2, 0.25) is 0 Å². The van der Waals surface area contributed by atoms with Crippen LogP contribution in [0.15, 0.2) is 18.2 Å². The Morgan fingerprint density at radius 2 is 1.74 bits per heavy atom. The van der Waals surface area contributed by atoms with Gasteiger partial charge in [0.05, 0.1) is 0 Å². The SMILES string of the molecule is CCNC(c1ccc(F)c(C)c1)C(F)(F)C(F)(F)F. The quantitative estimate of drug-likeness (QED) is 0.825. The highest BCUT2D eigenvalue weighted by atomic mass is 19.4. The van der Waals surface area contributed by atoms with E-state index < -0.39 is 24.0 Å². The minimum atomic E-state index is -5.68. The Morgan fingerprint density at radius 1 is 1.16 bits per heavy atom. The van der Waals surface area contributed by atoms with Gasteiger partial charge < -0.3 is 5.32 Å². The van der Waals surface area contributed by atoms with Gasteiger partial charge in [-0.2, -0.15) is 22.0 Å². The first-order chi connectivity index (χ1) is 8.61. The first-order valence-electron chi connectivity index (χ1n) is 5.55. The number of aryl methyl sites for hydroxylation is 1. The van der Waals surface area contributed by atoms with Gasteiger partial charge in [-0.1, -0.05) is 19.1 Å². The lowest BCUT2D eigenvalue weighted by Gasteiger charge is -2.29. The van der Waals surface area contributed by atoms with Gasteiger partial charge in [0, 0.05) is 0 Å². The fraction of sp³-hybridized carbons (Fsp3) is 0.500. The number of rotatable bonds is 4. The zero-order valence-corrected chi connectivity index (χ0v) is 10.3. The molecule has 0 saturated heterocycles. The third kappa shape index (κ3) is 3.20. The third-order valence-electron chi connectivity index (χ3n) is 2.66. The molecule has 19 heavy (non-hydrogen) atoms. The molecule has 0 heterocycles. The number of nitrogens with one attached hydrogen (secondary N) is 1. The zero-order chi connectivity index (χ0) is 14.8. The fourth-order valence-corrected chi connectivity index (χ4v) is 1.67. The second-order valence-corrected chi connectivity index (χ2v) is 4.12. The van der Waals surface area contributed by atoms with Crippen LogP contribution in [0.4, 0.5) is 26.3 Å². The monoisotopic (exact) mass is 285 g/mol. The molecule has 0 aliphatic rings. The Labute approximate surface area is 106 Å². The largest absolute Gasteiger partial charge is 0.455 e. The predicted octanol–water partition coefficient (Wildman–Crippen LogP) is 3.98. The molecule has 1 unspecified atom stereocenters. The third-order valence-corrected chi connectivity index (χ3v) is 2.66. The molecule has 1 aromatic rings. The highest BCUT2D eigenvalue weighted by Crippen LogP contribution is 2.44. The average Bonchev–Trinajstić information content (AvgIpc) is 2.28. The minimum Gasteiger partial charge on any atom is -0.305 e. The van der Waals surface area contributed by atoms with Crippen LogP contribution in [0.2, 0.25) is 0 Å². The molecule has 1 rings (SSSR count). The van der Waals surface area contributed by atoms with Gasteiger partial charge in [0.15, 0.2) is 0 Å². The summed E-state index contributed by atoms with van der Waals surface area (Å²) in [4.78, 5) is 0. The van der Waals surface area contributed by atoms with Crippen molar-refractivity contribution in [1.82, 2.24) is 5.32 Å². The van der Waals surface area contributed by atoms with Crippen LogP contribution < -0.4 is 5.32 Å². The lowest BCUT2D eigenvalue weighted by Crippen LogP contribution is -2.48. The fourth-order valence-electron chi connectivity index (χ4n) is 1.67. The molecule has 0 aliphatic heterocycles. The molecule has 1 N–H and O–H groups in total. The number of hydrogen-bond donors (Lipinski definition) is 1. The molecule has 0 saturated carbocycles. The van der Waals surface area contributed by atoms with Gasteiger partial charge in [0.1, 0.15) is 11.9 Å². The molecule has 0 bridgehead atoms. The molecule has 108 valence electrons. The van der Waals surface area contributed by atoms with Crippen LogP contribution in [-0.2, 0) is 0 Å². The summed E-state index contributed by atoms with van der Waals surface area (Å²) in [7, 11) is 0. The van der Waals surface area contributed by atoms with Crippen molar-refractivity contribution in [2.45, 2.75) is 32.0 Å². The van der Waals surface area contributed by atoms with Crippen LogP contribution in [0.3, 0.4) is 0 Å². The molecule has 1 atom stereocenters. The summed E-state index contributed by atoms with van der Waals surface area (Å²) in [5, 5.41) is 2.10. The Morgan fingerprint density at radius 3 is 2.16 bits per heavy atom. The number of alkyl halides is 5. The van der Waals surface area contributed by atoms with E-state index in [2.05, 4.69) is 5.32 Å². The van der Waals surface area contributed by atoms with Gasteiger partial charge in [0.25, 0.3) is 0 Å². The van der Waals surface area contributed by atoms with E-state index in [1.54, 1.807) is 0 Å². The van der Waals surface area contributed by atoms with Crippen molar-refractivity contribution in [1.29, 1.82) is 0 Å². The van der Waals surface area contributed by atoms with Gasteiger partial charge in [-0.25, -0.2) is 4.39 Å². The van der Waals surface area contributed by atoms with E-state index in [-0.39, 0.29) is 17.7 Å². The smallest absolute Gasteiger partial charge is 0.305 e. The topological polar surface area (TPSA) is 12.0 Å². The van der Waals surface area contributed by atoms with Crippen LogP contribution in [-0.4, -0.2) is 18.6 Å². The number of halogens is 6. The molecule has 0 spiro atoms. The summed E-state index contributed by atoms with van der Waals surface area (Å²) >= 11 is 0. The summed E-state index contributed by atoms with van der Waals surface area (Å²) < 4.78 is 77.1. The second kappa shape index (κ2) is 5.40. The maximum atomic E-state index is 13.4. The number of benzene rings is 1. The highest BCUT2D eigenvalue weighted by Gasteiger charge is 2.62. The Bertz CT molecular complexity index is 440. The number of hydrogen-bond acceptors (Lipinski definition) is 1. The van der Waals surface area contributed by atoms with Crippen molar-refractivity contribution in [3.63, 3.8) is 0 Å². The van der Waals surface area contributed by atoms with E-state index in [1.807, 2.05) is 0 Å².